The van der Waals surface area contributed by atoms with Crippen molar-refractivity contribution in [3.8, 4) is 6.07 Å². The van der Waals surface area contributed by atoms with Gasteiger partial charge >= 0.3 is 8.56 Å². The summed E-state index contributed by atoms with van der Waals surface area (Å²) >= 11 is 0. The lowest BCUT2D eigenvalue weighted by Gasteiger charge is -2.22. The van der Waals surface area contributed by atoms with Crippen molar-refractivity contribution in [3.05, 3.63) is 12.3 Å². The second-order valence-electron chi connectivity index (χ2n) is 3.45. The maximum Gasteiger partial charge on any atom is 0.406 e. The minimum Gasteiger partial charge on any atom is -0.489 e. The Bertz CT molecular complexity index is 321. The van der Waals surface area contributed by atoms with E-state index in [0.29, 0.717) is 12.5 Å². The van der Waals surface area contributed by atoms with Crippen LogP contribution in [0, 0.1) is 11.3 Å². The van der Waals surface area contributed by atoms with Crippen molar-refractivity contribution in [3.63, 3.8) is 0 Å². The molecular weight excluding hydrogens is 258 g/mol. The first-order valence-electron chi connectivity index (χ1n) is 5.19. The summed E-state index contributed by atoms with van der Waals surface area (Å²) in [4.78, 5) is 20.0. The van der Waals surface area contributed by atoms with E-state index in [1.807, 2.05) is 0 Å². The van der Waals surface area contributed by atoms with E-state index in [1.165, 1.54) is 20.3 Å². The van der Waals surface area contributed by atoms with Crippen molar-refractivity contribution < 1.29 is 28.5 Å². The fraction of sp³-hybridized carbons (Fsp3) is 0.600. The number of hydrogen-bond donors (Lipinski definition) is 0. The van der Waals surface area contributed by atoms with Gasteiger partial charge in [-0.1, -0.05) is 6.58 Å². The first-order valence-corrected chi connectivity index (χ1v) is 7.71. The summed E-state index contributed by atoms with van der Waals surface area (Å²) in [6, 6.07) is 1.95. The van der Waals surface area contributed by atoms with Crippen LogP contribution in [-0.4, -0.2) is 35.2 Å². The highest BCUT2D eigenvalue weighted by Gasteiger charge is 2.34. The minimum absolute atomic E-state index is 0.166. The summed E-state index contributed by atoms with van der Waals surface area (Å²) in [5.41, 5.74) is 0. The van der Waals surface area contributed by atoms with Crippen molar-refractivity contribution in [2.24, 2.45) is 0 Å². The van der Waals surface area contributed by atoms with Crippen molar-refractivity contribution in [2.45, 2.75) is 19.0 Å². The van der Waals surface area contributed by atoms with Crippen molar-refractivity contribution in [1.29, 1.82) is 5.26 Å². The van der Waals surface area contributed by atoms with Gasteiger partial charge in [-0.3, -0.25) is 4.79 Å². The predicted molar refractivity (Wildman–Crippen MR) is 62.9 cm³/mol. The van der Waals surface area contributed by atoms with E-state index in [2.05, 4.69) is 16.4 Å². The monoisotopic (exact) mass is 275 g/mol. The molecule has 0 aromatic carbocycles. The standard InChI is InChI=1S/C10H17NO6Si/c1-9(10(12)8-11)15-6-5-7-18(4,16-13-2)17-14-3/h1,5-7H2,2-4H3. The normalized spacial score (nSPS) is 10.8. The first kappa shape index (κ1) is 16.8. The van der Waals surface area contributed by atoms with E-state index in [0.717, 1.165) is 0 Å². The second kappa shape index (κ2) is 8.79. The molecule has 0 bridgehead atoms. The van der Waals surface area contributed by atoms with E-state index in [4.69, 9.17) is 19.2 Å². The van der Waals surface area contributed by atoms with E-state index < -0.39 is 14.3 Å². The lowest BCUT2D eigenvalue weighted by molar-refractivity contribution is -0.269. The van der Waals surface area contributed by atoms with Crippen LogP contribution in [0.15, 0.2) is 12.3 Å². The highest BCUT2D eigenvalue weighted by Crippen LogP contribution is 2.16. The Kier molecular flexibility index (Phi) is 8.18. The van der Waals surface area contributed by atoms with Gasteiger partial charge in [0, 0.05) is 0 Å². The number of ether oxygens (including phenoxy) is 1. The third-order valence-corrected chi connectivity index (χ3v) is 4.23. The number of carbonyl (C=O) groups is 1. The van der Waals surface area contributed by atoms with Crippen LogP contribution < -0.4 is 0 Å². The smallest absolute Gasteiger partial charge is 0.406 e. The van der Waals surface area contributed by atoms with Crippen LogP contribution in [0.1, 0.15) is 6.42 Å². The van der Waals surface area contributed by atoms with Crippen LogP contribution in [0.2, 0.25) is 12.6 Å². The summed E-state index contributed by atoms with van der Waals surface area (Å²) in [5.74, 6) is -0.947. The number of nitrogens with zero attached hydrogens (tertiary/aromatic N) is 1. The molecular formula is C10H17NO6Si. The molecule has 0 aliphatic carbocycles. The summed E-state index contributed by atoms with van der Waals surface area (Å²) in [5, 5.41) is 8.32. The van der Waals surface area contributed by atoms with Crippen LogP contribution >= 0.6 is 0 Å². The Hall–Kier alpha value is -1.24. The zero-order valence-electron chi connectivity index (χ0n) is 10.7. The Morgan fingerprint density at radius 2 is 1.89 bits per heavy atom. The minimum atomic E-state index is -2.56. The SMILES string of the molecule is C=C(OCCC[Si](C)(OOC)OOC)C(=O)C#N. The number of ketones is 1. The fourth-order valence-electron chi connectivity index (χ4n) is 1.17. The third kappa shape index (κ3) is 6.48. The van der Waals surface area contributed by atoms with Crippen LogP contribution in [0.3, 0.4) is 0 Å². The van der Waals surface area contributed by atoms with Crippen LogP contribution in [0.25, 0.3) is 0 Å². The molecule has 18 heavy (non-hydrogen) atoms. The van der Waals surface area contributed by atoms with Crippen LogP contribution in [0.4, 0.5) is 0 Å². The van der Waals surface area contributed by atoms with Gasteiger partial charge in [-0.2, -0.15) is 5.26 Å². The average molecular weight is 275 g/mol. The van der Waals surface area contributed by atoms with Crippen molar-refractivity contribution >= 4 is 14.3 Å². The van der Waals surface area contributed by atoms with Gasteiger partial charge in [0.2, 0.25) is 0 Å². The zero-order valence-corrected chi connectivity index (χ0v) is 11.7. The molecule has 0 spiro atoms. The molecule has 0 aromatic heterocycles. The van der Waals surface area contributed by atoms with E-state index in [-0.39, 0.29) is 12.4 Å². The molecule has 0 fully saturated rings. The van der Waals surface area contributed by atoms with Crippen molar-refractivity contribution in [1.82, 2.24) is 0 Å². The summed E-state index contributed by atoms with van der Waals surface area (Å²) < 4.78 is 15.1. The highest BCUT2D eigenvalue weighted by atomic mass is 28.4. The maximum atomic E-state index is 10.8. The van der Waals surface area contributed by atoms with Gasteiger partial charge in [-0.05, 0) is 19.0 Å². The molecule has 0 saturated carbocycles. The maximum absolute atomic E-state index is 10.8. The lowest BCUT2D eigenvalue weighted by atomic mass is 10.4. The van der Waals surface area contributed by atoms with Crippen molar-refractivity contribution in [2.75, 3.05) is 20.8 Å². The van der Waals surface area contributed by atoms with Gasteiger partial charge in [0.25, 0.3) is 5.78 Å². The fourth-order valence-corrected chi connectivity index (χ4v) is 2.85. The highest BCUT2D eigenvalue weighted by molar-refractivity contribution is 6.65. The number of rotatable bonds is 10. The number of Topliss-reactive ketones (excluding diaryl/α,β-unsaturated/α-hetero) is 1. The lowest BCUT2D eigenvalue weighted by Crippen LogP contribution is -2.38. The molecule has 0 atom stereocenters. The van der Waals surface area contributed by atoms with Gasteiger partial charge in [-0.15, -0.1) is 0 Å². The largest absolute Gasteiger partial charge is 0.489 e. The Morgan fingerprint density at radius 1 is 1.33 bits per heavy atom. The quantitative estimate of drug-likeness (QED) is 0.113. The molecule has 0 heterocycles. The van der Waals surface area contributed by atoms with E-state index in [9.17, 15) is 4.79 Å². The van der Waals surface area contributed by atoms with E-state index >= 15 is 0 Å². The molecule has 8 heteroatoms. The molecule has 0 aromatic rings. The van der Waals surface area contributed by atoms with Gasteiger partial charge in [0.1, 0.15) is 6.07 Å². The molecule has 0 unspecified atom stereocenters. The first-order chi connectivity index (χ1) is 8.49. The van der Waals surface area contributed by atoms with Gasteiger partial charge in [-0.25, -0.2) is 18.9 Å². The summed E-state index contributed by atoms with van der Waals surface area (Å²) in [6.45, 7) is 5.33. The van der Waals surface area contributed by atoms with Crippen LogP contribution in [0.5, 0.6) is 0 Å². The molecule has 0 radical (unpaired) electrons. The number of carbonyl (C=O) groups excluding carboxylic acids is 1. The Morgan fingerprint density at radius 3 is 2.33 bits per heavy atom. The Balaban J connectivity index is 3.97. The molecule has 0 N–H and O–H groups in total. The molecule has 7 nitrogen and oxygen atoms in total. The van der Waals surface area contributed by atoms with Crippen LogP contribution in [-0.2, 0) is 28.5 Å². The van der Waals surface area contributed by atoms with Gasteiger partial charge in [0.15, 0.2) is 5.76 Å². The third-order valence-electron chi connectivity index (χ3n) is 1.93. The van der Waals surface area contributed by atoms with Gasteiger partial charge < -0.3 is 4.74 Å². The molecule has 0 amide bonds. The number of nitriles is 1. The topological polar surface area (TPSA) is 87.0 Å². The van der Waals surface area contributed by atoms with Gasteiger partial charge in [0.05, 0.1) is 20.8 Å². The second-order valence-corrected chi connectivity index (χ2v) is 6.55. The molecule has 0 saturated heterocycles. The zero-order chi connectivity index (χ0) is 14.0. The van der Waals surface area contributed by atoms with E-state index in [1.54, 1.807) is 6.55 Å². The number of allylic oxidation sites excluding steroid dienone is 1. The molecule has 102 valence electrons. The Labute approximate surface area is 107 Å². The summed E-state index contributed by atoms with van der Waals surface area (Å²) in [6.07, 6.45) is 0.549. The predicted octanol–water partition coefficient (Wildman–Crippen LogP) is 1.23. The summed E-state index contributed by atoms with van der Waals surface area (Å²) in [7, 11) is 0.205. The molecule has 0 aliphatic heterocycles. The number of hydrogen-bond acceptors (Lipinski definition) is 7. The average Bonchev–Trinajstić information content (AvgIpc) is 2.34. The molecule has 0 rings (SSSR count). The molecule has 0 aliphatic rings.